The van der Waals surface area contributed by atoms with Crippen LogP contribution < -0.4 is 10.2 Å². The third-order valence-corrected chi connectivity index (χ3v) is 5.09. The monoisotopic (exact) mass is 376 g/mol. The topological polar surface area (TPSA) is 126 Å². The number of nitrogens with one attached hydrogen (secondary N) is 1. The maximum atomic E-state index is 12.6. The van der Waals surface area contributed by atoms with Crippen LogP contribution in [0.15, 0.2) is 30.5 Å². The van der Waals surface area contributed by atoms with Crippen LogP contribution in [-0.4, -0.2) is 40.0 Å². The third kappa shape index (κ3) is 3.80. The molecule has 2 heterocycles. The molecular formula is C16H16N4O5S. The van der Waals surface area contributed by atoms with Crippen molar-refractivity contribution in [3.05, 3.63) is 46.1 Å². The molecule has 0 atom stereocenters. The standard InChI is InChI=1S/C16H16N4O5S/c21-14(18-16-17-9-13(26-16)20(24)25)11-3-1-2-4-12(11)19-7-5-10(6-8-19)15(22)23/h1-4,9-10H,5-8H2,(H,22,23)(H,17,18,21). The summed E-state index contributed by atoms with van der Waals surface area (Å²) in [4.78, 5) is 39.7. The highest BCUT2D eigenvalue weighted by atomic mass is 32.1. The van der Waals surface area contributed by atoms with Crippen molar-refractivity contribution < 1.29 is 19.6 Å². The number of carbonyl (C=O) groups excluding carboxylic acids is 1. The van der Waals surface area contributed by atoms with Crippen LogP contribution in [0, 0.1) is 16.0 Å². The molecule has 0 unspecified atom stereocenters. The number of piperidine rings is 1. The zero-order valence-corrected chi connectivity index (χ0v) is 14.4. The number of aliphatic carboxylic acids is 1. The number of aromatic nitrogens is 1. The third-order valence-electron chi connectivity index (χ3n) is 4.23. The Bertz CT molecular complexity index is 845. The number of rotatable bonds is 5. The Hall–Kier alpha value is -3.01. The highest BCUT2D eigenvalue weighted by Crippen LogP contribution is 2.29. The van der Waals surface area contributed by atoms with Crippen molar-refractivity contribution in [2.45, 2.75) is 12.8 Å². The van der Waals surface area contributed by atoms with Gasteiger partial charge < -0.3 is 10.0 Å². The fourth-order valence-electron chi connectivity index (χ4n) is 2.88. The minimum Gasteiger partial charge on any atom is -0.481 e. The van der Waals surface area contributed by atoms with Gasteiger partial charge in [0.1, 0.15) is 6.20 Å². The van der Waals surface area contributed by atoms with Gasteiger partial charge in [0.25, 0.3) is 5.91 Å². The number of thiazole rings is 1. The van der Waals surface area contributed by atoms with Crippen LogP contribution in [0.4, 0.5) is 15.8 Å². The van der Waals surface area contributed by atoms with Crippen molar-refractivity contribution in [3.63, 3.8) is 0 Å². The summed E-state index contributed by atoms with van der Waals surface area (Å²) in [5, 5.41) is 22.4. The Balaban J connectivity index is 1.75. The van der Waals surface area contributed by atoms with Gasteiger partial charge in [0.15, 0.2) is 5.13 Å². The van der Waals surface area contributed by atoms with Gasteiger partial charge in [-0.1, -0.05) is 12.1 Å². The molecule has 2 aromatic rings. The van der Waals surface area contributed by atoms with Crippen LogP contribution in [0.25, 0.3) is 0 Å². The molecule has 136 valence electrons. The number of nitro groups is 1. The largest absolute Gasteiger partial charge is 0.481 e. The molecule has 26 heavy (non-hydrogen) atoms. The van der Waals surface area contributed by atoms with Gasteiger partial charge in [-0.15, -0.1) is 0 Å². The number of hydrogen-bond acceptors (Lipinski definition) is 7. The van der Waals surface area contributed by atoms with Gasteiger partial charge in [-0.25, -0.2) is 4.98 Å². The van der Waals surface area contributed by atoms with E-state index >= 15 is 0 Å². The molecule has 3 rings (SSSR count). The van der Waals surface area contributed by atoms with Gasteiger partial charge in [0, 0.05) is 18.8 Å². The molecule has 1 amide bonds. The van der Waals surface area contributed by atoms with Gasteiger partial charge in [0.05, 0.1) is 16.4 Å². The SMILES string of the molecule is O=C(Nc1ncc([N+](=O)[O-])s1)c1ccccc1N1CCC(C(=O)O)CC1. The van der Waals surface area contributed by atoms with Gasteiger partial charge in [-0.3, -0.25) is 25.0 Å². The quantitative estimate of drug-likeness (QED) is 0.607. The van der Waals surface area contributed by atoms with Gasteiger partial charge >= 0.3 is 11.0 Å². The van der Waals surface area contributed by atoms with Crippen molar-refractivity contribution >= 4 is 39.0 Å². The number of amides is 1. The normalized spacial score (nSPS) is 14.8. The number of para-hydroxylation sites is 1. The fourth-order valence-corrected chi connectivity index (χ4v) is 3.51. The van der Waals surface area contributed by atoms with E-state index in [1.165, 1.54) is 0 Å². The highest BCUT2D eigenvalue weighted by molar-refractivity contribution is 7.18. The Labute approximate surface area is 152 Å². The van der Waals surface area contributed by atoms with E-state index in [1.54, 1.807) is 18.2 Å². The van der Waals surface area contributed by atoms with E-state index in [0.717, 1.165) is 17.5 Å². The maximum absolute atomic E-state index is 12.6. The van der Waals surface area contributed by atoms with Crippen LogP contribution in [0.5, 0.6) is 0 Å². The van der Waals surface area contributed by atoms with Crippen molar-refractivity contribution in [1.82, 2.24) is 4.98 Å². The number of benzene rings is 1. The van der Waals surface area contributed by atoms with Gasteiger partial charge in [0.2, 0.25) is 0 Å². The minimum absolute atomic E-state index is 0.149. The molecule has 1 saturated heterocycles. The molecule has 1 aromatic heterocycles. The van der Waals surface area contributed by atoms with E-state index in [0.29, 0.717) is 37.2 Å². The van der Waals surface area contributed by atoms with Crippen LogP contribution in [0.2, 0.25) is 0 Å². The van der Waals surface area contributed by atoms with Gasteiger partial charge in [-0.2, -0.15) is 0 Å². The summed E-state index contributed by atoms with van der Waals surface area (Å²) in [7, 11) is 0. The summed E-state index contributed by atoms with van der Waals surface area (Å²) >= 11 is 0.788. The summed E-state index contributed by atoms with van der Waals surface area (Å²) in [6.07, 6.45) is 2.14. The first kappa shape index (κ1) is 17.8. The van der Waals surface area contributed by atoms with Crippen molar-refractivity contribution in [2.75, 3.05) is 23.3 Å². The molecule has 2 N–H and O–H groups in total. The highest BCUT2D eigenvalue weighted by Gasteiger charge is 2.26. The first-order valence-electron chi connectivity index (χ1n) is 7.94. The molecular weight excluding hydrogens is 360 g/mol. The van der Waals surface area contributed by atoms with E-state index in [2.05, 4.69) is 10.3 Å². The fraction of sp³-hybridized carbons (Fsp3) is 0.312. The molecule has 0 aliphatic carbocycles. The first-order valence-corrected chi connectivity index (χ1v) is 8.75. The van der Waals surface area contributed by atoms with Crippen LogP contribution in [-0.2, 0) is 4.79 Å². The van der Waals surface area contributed by atoms with E-state index in [1.807, 2.05) is 11.0 Å². The van der Waals surface area contributed by atoms with E-state index in [-0.39, 0.29) is 16.1 Å². The molecule has 10 heteroatoms. The van der Waals surface area contributed by atoms with Crippen molar-refractivity contribution in [3.8, 4) is 0 Å². The molecule has 0 bridgehead atoms. The molecule has 9 nitrogen and oxygen atoms in total. The zero-order valence-electron chi connectivity index (χ0n) is 13.6. The van der Waals surface area contributed by atoms with Crippen LogP contribution in [0.3, 0.4) is 0 Å². The zero-order chi connectivity index (χ0) is 18.7. The second-order valence-electron chi connectivity index (χ2n) is 5.83. The molecule has 1 fully saturated rings. The number of carbonyl (C=O) groups is 2. The number of hydrogen-bond donors (Lipinski definition) is 2. The first-order chi connectivity index (χ1) is 12.5. The predicted molar refractivity (Wildman–Crippen MR) is 95.7 cm³/mol. The average Bonchev–Trinajstić information content (AvgIpc) is 3.10. The second kappa shape index (κ2) is 7.48. The Kier molecular flexibility index (Phi) is 5.12. The van der Waals surface area contributed by atoms with E-state index < -0.39 is 16.8 Å². The lowest BCUT2D eigenvalue weighted by Crippen LogP contribution is -2.37. The Morgan fingerprint density at radius 3 is 2.62 bits per heavy atom. The van der Waals surface area contributed by atoms with Crippen LogP contribution in [0.1, 0.15) is 23.2 Å². The summed E-state index contributed by atoms with van der Waals surface area (Å²) < 4.78 is 0. The van der Waals surface area contributed by atoms with Crippen LogP contribution >= 0.6 is 11.3 Å². The van der Waals surface area contributed by atoms with E-state index in [4.69, 9.17) is 5.11 Å². The number of carboxylic acids is 1. The molecule has 0 radical (unpaired) electrons. The second-order valence-corrected chi connectivity index (χ2v) is 6.84. The number of carboxylic acid groups (broad SMARTS) is 1. The average molecular weight is 376 g/mol. The Morgan fingerprint density at radius 2 is 2.00 bits per heavy atom. The minimum atomic E-state index is -0.791. The number of nitrogens with zero attached hydrogens (tertiary/aromatic N) is 3. The van der Waals surface area contributed by atoms with Crippen molar-refractivity contribution in [2.24, 2.45) is 5.92 Å². The van der Waals surface area contributed by atoms with E-state index in [9.17, 15) is 19.7 Å². The summed E-state index contributed by atoms with van der Waals surface area (Å²) in [6, 6.07) is 7.01. The molecule has 1 aromatic carbocycles. The summed E-state index contributed by atoms with van der Waals surface area (Å²) in [5.74, 6) is -1.56. The smallest absolute Gasteiger partial charge is 0.345 e. The number of anilines is 2. The molecule has 0 saturated carbocycles. The lowest BCUT2D eigenvalue weighted by atomic mass is 9.96. The van der Waals surface area contributed by atoms with Gasteiger partial charge in [-0.05, 0) is 36.3 Å². The maximum Gasteiger partial charge on any atom is 0.345 e. The Morgan fingerprint density at radius 1 is 1.31 bits per heavy atom. The summed E-state index contributed by atoms with van der Waals surface area (Å²) in [6.45, 7) is 1.09. The molecule has 1 aliphatic heterocycles. The van der Waals surface area contributed by atoms with Crippen molar-refractivity contribution in [1.29, 1.82) is 0 Å². The summed E-state index contributed by atoms with van der Waals surface area (Å²) in [5.41, 5.74) is 1.12. The predicted octanol–water partition coefficient (Wildman–Crippen LogP) is 2.60. The lowest BCUT2D eigenvalue weighted by Gasteiger charge is -2.33. The molecule has 1 aliphatic rings. The lowest BCUT2D eigenvalue weighted by molar-refractivity contribution is -0.380. The molecule has 0 spiro atoms.